The summed E-state index contributed by atoms with van der Waals surface area (Å²) in [5.74, 6) is -2.18. The van der Waals surface area contributed by atoms with E-state index in [1.807, 2.05) is 0 Å². The maximum Gasteiger partial charge on any atom is 0.243 e. The van der Waals surface area contributed by atoms with Crippen molar-refractivity contribution in [3.63, 3.8) is 0 Å². The van der Waals surface area contributed by atoms with Gasteiger partial charge in [-0.05, 0) is 43.0 Å². The molecule has 2 saturated heterocycles. The first kappa shape index (κ1) is 16.6. The minimum absolute atomic E-state index is 0. The van der Waals surface area contributed by atoms with Gasteiger partial charge in [0.05, 0.1) is 4.90 Å². The van der Waals surface area contributed by atoms with Crippen molar-refractivity contribution in [2.75, 3.05) is 26.2 Å². The van der Waals surface area contributed by atoms with Gasteiger partial charge in [-0.2, -0.15) is 4.31 Å². The molecule has 0 saturated carbocycles. The van der Waals surface area contributed by atoms with Crippen molar-refractivity contribution in [2.45, 2.75) is 17.7 Å². The number of halogens is 3. The average Bonchev–Trinajstić information content (AvgIpc) is 3.04. The second-order valence-corrected chi connectivity index (χ2v) is 7.53. The lowest BCUT2D eigenvalue weighted by Crippen LogP contribution is -2.33. The zero-order chi connectivity index (χ0) is 14.4. The second-order valence-electron chi connectivity index (χ2n) is 5.59. The van der Waals surface area contributed by atoms with Crippen LogP contribution in [0.2, 0.25) is 0 Å². The Kier molecular flexibility index (Phi) is 4.58. The molecule has 2 aliphatic rings. The van der Waals surface area contributed by atoms with Gasteiger partial charge >= 0.3 is 0 Å². The van der Waals surface area contributed by atoms with Crippen molar-refractivity contribution in [2.24, 2.45) is 5.41 Å². The molecule has 8 heteroatoms. The number of hydrogen-bond donors (Lipinski definition) is 1. The monoisotopic (exact) mass is 338 g/mol. The van der Waals surface area contributed by atoms with Crippen molar-refractivity contribution in [3.05, 3.63) is 29.8 Å². The lowest BCUT2D eigenvalue weighted by molar-refractivity contribution is 0.338. The van der Waals surface area contributed by atoms with Crippen LogP contribution >= 0.6 is 12.4 Å². The fraction of sp³-hybridized carbons (Fsp3) is 0.538. The van der Waals surface area contributed by atoms with E-state index in [-0.39, 0.29) is 22.7 Å². The molecule has 0 radical (unpaired) electrons. The fourth-order valence-corrected chi connectivity index (χ4v) is 4.60. The van der Waals surface area contributed by atoms with Crippen molar-refractivity contribution < 1.29 is 17.2 Å². The predicted octanol–water partition coefficient (Wildman–Crippen LogP) is 1.76. The number of rotatable bonds is 2. The normalized spacial score (nSPS) is 26.2. The van der Waals surface area contributed by atoms with Gasteiger partial charge in [0.15, 0.2) is 11.6 Å². The number of nitrogens with zero attached hydrogens (tertiary/aromatic N) is 1. The van der Waals surface area contributed by atoms with Crippen molar-refractivity contribution >= 4 is 22.4 Å². The number of nitrogens with one attached hydrogen (secondary N) is 1. The summed E-state index contributed by atoms with van der Waals surface area (Å²) < 4.78 is 52.4. The largest absolute Gasteiger partial charge is 0.316 e. The quantitative estimate of drug-likeness (QED) is 0.894. The van der Waals surface area contributed by atoms with Gasteiger partial charge in [-0.1, -0.05) is 0 Å². The Hall–Kier alpha value is -0.760. The first-order valence-corrected chi connectivity index (χ1v) is 8.03. The molecule has 1 unspecified atom stereocenters. The first-order chi connectivity index (χ1) is 9.43. The summed E-state index contributed by atoms with van der Waals surface area (Å²) >= 11 is 0. The van der Waals surface area contributed by atoms with Crippen LogP contribution in [0.25, 0.3) is 0 Å². The molecule has 2 heterocycles. The molecule has 1 aromatic carbocycles. The molecule has 3 rings (SSSR count). The first-order valence-electron chi connectivity index (χ1n) is 6.59. The van der Waals surface area contributed by atoms with Gasteiger partial charge in [-0.3, -0.25) is 0 Å². The van der Waals surface area contributed by atoms with Crippen LogP contribution in [0.15, 0.2) is 23.1 Å². The molecule has 118 valence electrons. The Morgan fingerprint density at radius 3 is 2.57 bits per heavy atom. The van der Waals surface area contributed by atoms with E-state index in [1.165, 1.54) is 4.31 Å². The zero-order valence-corrected chi connectivity index (χ0v) is 12.9. The van der Waals surface area contributed by atoms with Crippen LogP contribution in [0.5, 0.6) is 0 Å². The van der Waals surface area contributed by atoms with Crippen molar-refractivity contribution in [1.29, 1.82) is 0 Å². The molecule has 2 aliphatic heterocycles. The SMILES string of the molecule is Cl.O=S(=O)(c1ccc(F)c(F)c1)N1CCC2(CCNC2)C1. The highest BCUT2D eigenvalue weighted by molar-refractivity contribution is 7.89. The molecule has 0 amide bonds. The summed E-state index contributed by atoms with van der Waals surface area (Å²) in [7, 11) is -3.74. The minimum Gasteiger partial charge on any atom is -0.316 e. The van der Waals surface area contributed by atoms with E-state index in [4.69, 9.17) is 0 Å². The maximum atomic E-state index is 13.2. The van der Waals surface area contributed by atoms with Gasteiger partial charge in [-0.15, -0.1) is 12.4 Å². The molecule has 0 aliphatic carbocycles. The molecule has 0 aromatic heterocycles. The lowest BCUT2D eigenvalue weighted by Gasteiger charge is -2.22. The van der Waals surface area contributed by atoms with Gasteiger partial charge in [0.2, 0.25) is 10.0 Å². The van der Waals surface area contributed by atoms with E-state index in [2.05, 4.69) is 5.32 Å². The highest BCUT2D eigenvalue weighted by Gasteiger charge is 2.44. The van der Waals surface area contributed by atoms with Crippen LogP contribution in [0, 0.1) is 17.0 Å². The van der Waals surface area contributed by atoms with E-state index < -0.39 is 21.7 Å². The fourth-order valence-electron chi connectivity index (χ4n) is 3.03. The summed E-state index contributed by atoms with van der Waals surface area (Å²) in [6, 6.07) is 2.72. The third kappa shape index (κ3) is 2.92. The average molecular weight is 339 g/mol. The molecule has 1 N–H and O–H groups in total. The van der Waals surface area contributed by atoms with Crippen molar-refractivity contribution in [3.8, 4) is 0 Å². The predicted molar refractivity (Wildman–Crippen MR) is 76.9 cm³/mol. The zero-order valence-electron chi connectivity index (χ0n) is 11.3. The molecule has 1 atom stereocenters. The van der Waals surface area contributed by atoms with E-state index >= 15 is 0 Å². The molecular formula is C13H17ClF2N2O2S. The number of sulfonamides is 1. The minimum atomic E-state index is -3.74. The number of hydrogen-bond acceptors (Lipinski definition) is 3. The Bertz CT molecular complexity index is 633. The number of benzene rings is 1. The summed E-state index contributed by atoms with van der Waals surface area (Å²) in [6.45, 7) is 2.60. The Labute approximate surface area is 129 Å². The smallest absolute Gasteiger partial charge is 0.243 e. The Morgan fingerprint density at radius 1 is 1.19 bits per heavy atom. The second kappa shape index (κ2) is 5.79. The van der Waals surface area contributed by atoms with Crippen LogP contribution in [-0.2, 0) is 10.0 Å². The van der Waals surface area contributed by atoms with Crippen LogP contribution in [-0.4, -0.2) is 38.9 Å². The standard InChI is InChI=1S/C13H16F2N2O2S.ClH/c14-11-2-1-10(7-12(11)15)20(18,19)17-6-4-13(9-17)3-5-16-8-13;/h1-2,7,16H,3-6,8-9H2;1H. The van der Waals surface area contributed by atoms with Gasteiger partial charge in [-0.25, -0.2) is 17.2 Å². The van der Waals surface area contributed by atoms with E-state index in [0.29, 0.717) is 13.1 Å². The Balaban J connectivity index is 0.00000161. The van der Waals surface area contributed by atoms with Gasteiger partial charge in [0, 0.05) is 19.6 Å². The summed E-state index contributed by atoms with van der Waals surface area (Å²) in [4.78, 5) is -0.181. The molecule has 0 bridgehead atoms. The topological polar surface area (TPSA) is 49.4 Å². The summed E-state index contributed by atoms with van der Waals surface area (Å²) in [5.41, 5.74) is 0.00560. The van der Waals surface area contributed by atoms with Crippen molar-refractivity contribution in [1.82, 2.24) is 9.62 Å². The van der Waals surface area contributed by atoms with E-state index in [0.717, 1.165) is 44.1 Å². The molecule has 4 nitrogen and oxygen atoms in total. The molecule has 21 heavy (non-hydrogen) atoms. The summed E-state index contributed by atoms with van der Waals surface area (Å²) in [5, 5.41) is 3.25. The lowest BCUT2D eigenvalue weighted by atomic mass is 9.87. The third-order valence-corrected chi connectivity index (χ3v) is 6.11. The third-order valence-electron chi connectivity index (χ3n) is 4.26. The van der Waals surface area contributed by atoms with Gasteiger partial charge < -0.3 is 5.32 Å². The van der Waals surface area contributed by atoms with E-state index in [9.17, 15) is 17.2 Å². The van der Waals surface area contributed by atoms with Gasteiger partial charge in [0.1, 0.15) is 0 Å². The Morgan fingerprint density at radius 2 is 1.95 bits per heavy atom. The van der Waals surface area contributed by atoms with Crippen LogP contribution in [0.4, 0.5) is 8.78 Å². The summed E-state index contributed by atoms with van der Waals surface area (Å²) in [6.07, 6.45) is 1.76. The molecule has 1 spiro atoms. The highest BCUT2D eigenvalue weighted by atomic mass is 35.5. The maximum absolute atomic E-state index is 13.2. The highest BCUT2D eigenvalue weighted by Crippen LogP contribution is 2.38. The van der Waals surface area contributed by atoms with Crippen LogP contribution in [0.3, 0.4) is 0 Å². The molecular weight excluding hydrogens is 322 g/mol. The molecule has 2 fully saturated rings. The van der Waals surface area contributed by atoms with Crippen LogP contribution in [0.1, 0.15) is 12.8 Å². The molecule has 1 aromatic rings. The van der Waals surface area contributed by atoms with Crippen LogP contribution < -0.4 is 5.32 Å². The van der Waals surface area contributed by atoms with E-state index in [1.54, 1.807) is 0 Å². The van der Waals surface area contributed by atoms with Gasteiger partial charge in [0.25, 0.3) is 0 Å².